The van der Waals surface area contributed by atoms with E-state index in [0.717, 1.165) is 37.6 Å². The monoisotopic (exact) mass is 208 g/mol. The second kappa shape index (κ2) is 5.53. The first-order valence-corrected chi connectivity index (χ1v) is 5.59. The smallest absolute Gasteiger partial charge is 0.134 e. The number of hydrogen-bond donors (Lipinski definition) is 1. The molecule has 0 aromatic carbocycles. The molecule has 0 amide bonds. The number of anilines is 2. The molecule has 0 radical (unpaired) electrons. The zero-order valence-corrected chi connectivity index (χ0v) is 9.82. The van der Waals surface area contributed by atoms with Crippen LogP contribution in [0.4, 0.5) is 11.6 Å². The summed E-state index contributed by atoms with van der Waals surface area (Å²) in [6.07, 6.45) is 1.93. The minimum absolute atomic E-state index is 0.565. The van der Waals surface area contributed by atoms with Gasteiger partial charge in [-0.2, -0.15) is 0 Å². The van der Waals surface area contributed by atoms with E-state index in [-0.39, 0.29) is 0 Å². The molecule has 0 aliphatic rings. The lowest BCUT2D eigenvalue weighted by atomic mass is 10.3. The minimum atomic E-state index is 0.565. The van der Waals surface area contributed by atoms with Crippen LogP contribution in [-0.4, -0.2) is 23.1 Å². The summed E-state index contributed by atoms with van der Waals surface area (Å²) < 4.78 is 0. The fourth-order valence-corrected chi connectivity index (χ4v) is 1.55. The van der Waals surface area contributed by atoms with Gasteiger partial charge >= 0.3 is 0 Å². The van der Waals surface area contributed by atoms with E-state index in [4.69, 9.17) is 5.73 Å². The first-order valence-electron chi connectivity index (χ1n) is 5.59. The lowest BCUT2D eigenvalue weighted by molar-refractivity contribution is 0.799. The maximum Gasteiger partial charge on any atom is 0.134 e. The predicted octanol–water partition coefficient (Wildman–Crippen LogP) is 1.86. The van der Waals surface area contributed by atoms with Crippen LogP contribution in [0.25, 0.3) is 0 Å². The van der Waals surface area contributed by atoms with Crippen LogP contribution < -0.4 is 10.6 Å². The van der Waals surface area contributed by atoms with Crippen LogP contribution in [0.15, 0.2) is 6.07 Å². The summed E-state index contributed by atoms with van der Waals surface area (Å²) in [4.78, 5) is 10.9. The van der Waals surface area contributed by atoms with Crippen molar-refractivity contribution in [2.24, 2.45) is 0 Å². The van der Waals surface area contributed by atoms with Gasteiger partial charge in [-0.25, -0.2) is 9.97 Å². The summed E-state index contributed by atoms with van der Waals surface area (Å²) in [5.41, 5.74) is 5.76. The normalized spacial score (nSPS) is 10.3. The molecule has 0 aliphatic carbocycles. The van der Waals surface area contributed by atoms with E-state index in [1.165, 1.54) is 0 Å². The highest BCUT2D eigenvalue weighted by Gasteiger charge is 2.06. The van der Waals surface area contributed by atoms with Gasteiger partial charge in [-0.05, 0) is 20.3 Å². The second-order valence-electron chi connectivity index (χ2n) is 3.49. The Hall–Kier alpha value is -1.32. The molecule has 0 saturated carbocycles. The van der Waals surface area contributed by atoms with E-state index >= 15 is 0 Å². The average molecular weight is 208 g/mol. The second-order valence-corrected chi connectivity index (χ2v) is 3.49. The highest BCUT2D eigenvalue weighted by atomic mass is 15.2. The minimum Gasteiger partial charge on any atom is -0.384 e. The van der Waals surface area contributed by atoms with Gasteiger partial charge in [0.1, 0.15) is 17.5 Å². The predicted molar refractivity (Wildman–Crippen MR) is 64.0 cm³/mol. The van der Waals surface area contributed by atoms with Gasteiger partial charge in [0.15, 0.2) is 0 Å². The summed E-state index contributed by atoms with van der Waals surface area (Å²) in [6, 6.07) is 1.84. The molecule has 0 saturated heterocycles. The molecule has 1 aromatic rings. The summed E-state index contributed by atoms with van der Waals surface area (Å²) in [6.45, 7) is 8.23. The maximum atomic E-state index is 5.76. The number of rotatable bonds is 5. The lowest BCUT2D eigenvalue weighted by Gasteiger charge is -2.20. The van der Waals surface area contributed by atoms with E-state index in [2.05, 4.69) is 35.6 Å². The zero-order chi connectivity index (χ0) is 11.3. The number of aryl methyl sites for hydroxylation is 1. The van der Waals surface area contributed by atoms with Crippen molar-refractivity contribution in [1.29, 1.82) is 0 Å². The van der Waals surface area contributed by atoms with E-state index in [9.17, 15) is 0 Å². The molecule has 4 nitrogen and oxygen atoms in total. The Labute approximate surface area is 91.5 Å². The molecule has 1 rings (SSSR count). The standard InChI is InChI=1S/C11H20N4/c1-4-7-10-13-9(12)8-11(14-10)15(5-2)6-3/h8H,4-7H2,1-3H3,(H2,12,13,14). The van der Waals surface area contributed by atoms with Gasteiger partial charge in [-0.3, -0.25) is 0 Å². The number of nitrogens with two attached hydrogens (primary N) is 1. The van der Waals surface area contributed by atoms with Crippen LogP contribution in [-0.2, 0) is 6.42 Å². The van der Waals surface area contributed by atoms with E-state index < -0.39 is 0 Å². The average Bonchev–Trinajstić information content (AvgIpc) is 2.19. The number of aromatic nitrogens is 2. The van der Waals surface area contributed by atoms with E-state index in [1.807, 2.05) is 6.07 Å². The van der Waals surface area contributed by atoms with Gasteiger partial charge in [0, 0.05) is 25.6 Å². The molecular weight excluding hydrogens is 188 g/mol. The van der Waals surface area contributed by atoms with Crippen molar-refractivity contribution >= 4 is 11.6 Å². The number of hydrogen-bond acceptors (Lipinski definition) is 4. The van der Waals surface area contributed by atoms with E-state index in [0.29, 0.717) is 5.82 Å². The lowest BCUT2D eigenvalue weighted by Crippen LogP contribution is -2.23. The van der Waals surface area contributed by atoms with Crippen molar-refractivity contribution in [1.82, 2.24) is 9.97 Å². The molecule has 0 atom stereocenters. The quantitative estimate of drug-likeness (QED) is 0.802. The van der Waals surface area contributed by atoms with E-state index in [1.54, 1.807) is 0 Å². The molecule has 4 heteroatoms. The Morgan fingerprint density at radius 3 is 2.40 bits per heavy atom. The maximum absolute atomic E-state index is 5.76. The van der Waals surface area contributed by atoms with Gasteiger partial charge in [0.25, 0.3) is 0 Å². The van der Waals surface area contributed by atoms with Crippen molar-refractivity contribution in [2.45, 2.75) is 33.6 Å². The highest BCUT2D eigenvalue weighted by Crippen LogP contribution is 2.14. The molecule has 15 heavy (non-hydrogen) atoms. The Morgan fingerprint density at radius 1 is 1.20 bits per heavy atom. The molecule has 0 aliphatic heterocycles. The van der Waals surface area contributed by atoms with Gasteiger partial charge < -0.3 is 10.6 Å². The SMILES string of the molecule is CCCc1nc(N)cc(N(CC)CC)n1. The number of nitrogen functional groups attached to an aromatic ring is 1. The molecule has 1 aromatic heterocycles. The fraction of sp³-hybridized carbons (Fsp3) is 0.636. The van der Waals surface area contributed by atoms with Crippen LogP contribution in [0.5, 0.6) is 0 Å². The summed E-state index contributed by atoms with van der Waals surface area (Å²) in [5.74, 6) is 2.35. The Morgan fingerprint density at radius 2 is 1.87 bits per heavy atom. The molecule has 0 bridgehead atoms. The third-order valence-electron chi connectivity index (χ3n) is 2.34. The summed E-state index contributed by atoms with van der Waals surface area (Å²) >= 11 is 0. The molecular formula is C11H20N4. The van der Waals surface area contributed by atoms with Gasteiger partial charge in [-0.1, -0.05) is 6.92 Å². The molecule has 2 N–H and O–H groups in total. The topological polar surface area (TPSA) is 55.0 Å². The van der Waals surface area contributed by atoms with Crippen LogP contribution in [0, 0.1) is 0 Å². The van der Waals surface area contributed by atoms with Crippen molar-refractivity contribution < 1.29 is 0 Å². The van der Waals surface area contributed by atoms with Crippen molar-refractivity contribution in [3.05, 3.63) is 11.9 Å². The van der Waals surface area contributed by atoms with Crippen molar-refractivity contribution in [3.63, 3.8) is 0 Å². The fourth-order valence-electron chi connectivity index (χ4n) is 1.55. The van der Waals surface area contributed by atoms with Crippen molar-refractivity contribution in [2.75, 3.05) is 23.7 Å². The van der Waals surface area contributed by atoms with Crippen LogP contribution in [0.2, 0.25) is 0 Å². The third-order valence-corrected chi connectivity index (χ3v) is 2.34. The third kappa shape index (κ3) is 3.08. The molecule has 84 valence electrons. The highest BCUT2D eigenvalue weighted by molar-refractivity contribution is 5.46. The van der Waals surface area contributed by atoms with Gasteiger partial charge in [0.2, 0.25) is 0 Å². The van der Waals surface area contributed by atoms with Crippen molar-refractivity contribution in [3.8, 4) is 0 Å². The first kappa shape index (κ1) is 11.8. The number of nitrogens with zero attached hydrogens (tertiary/aromatic N) is 3. The Kier molecular flexibility index (Phi) is 4.34. The molecule has 0 spiro atoms. The molecule has 0 fully saturated rings. The van der Waals surface area contributed by atoms with Gasteiger partial charge in [0.05, 0.1) is 0 Å². The summed E-state index contributed by atoms with van der Waals surface area (Å²) in [7, 11) is 0. The Balaban J connectivity index is 2.96. The van der Waals surface area contributed by atoms with Crippen LogP contribution in [0.1, 0.15) is 33.0 Å². The van der Waals surface area contributed by atoms with Gasteiger partial charge in [-0.15, -0.1) is 0 Å². The molecule has 1 heterocycles. The van der Waals surface area contributed by atoms with Crippen LogP contribution in [0.3, 0.4) is 0 Å². The zero-order valence-electron chi connectivity index (χ0n) is 9.82. The molecule has 0 unspecified atom stereocenters. The Bertz CT molecular complexity index is 307. The first-order chi connectivity index (χ1) is 7.21. The summed E-state index contributed by atoms with van der Waals surface area (Å²) in [5, 5.41) is 0. The largest absolute Gasteiger partial charge is 0.384 e. The van der Waals surface area contributed by atoms with Crippen LogP contribution >= 0.6 is 0 Å².